The van der Waals surface area contributed by atoms with Gasteiger partial charge in [-0.15, -0.1) is 0 Å². The summed E-state index contributed by atoms with van der Waals surface area (Å²) in [5.74, 6) is 0. The van der Waals surface area contributed by atoms with Crippen molar-refractivity contribution in [1.29, 1.82) is 5.26 Å². The van der Waals surface area contributed by atoms with E-state index < -0.39 is 6.10 Å². The fourth-order valence-corrected chi connectivity index (χ4v) is 1.96. The second-order valence-electron chi connectivity index (χ2n) is 4.87. The van der Waals surface area contributed by atoms with Crippen molar-refractivity contribution in [2.24, 2.45) is 0 Å². The van der Waals surface area contributed by atoms with Crippen LogP contribution in [0.5, 0.6) is 0 Å². The summed E-state index contributed by atoms with van der Waals surface area (Å²) in [5, 5.41) is 22.0. The molecule has 0 radical (unpaired) electrons. The van der Waals surface area contributed by atoms with Gasteiger partial charge in [0.25, 0.3) is 0 Å². The maximum absolute atomic E-state index is 10.1. The van der Waals surface area contributed by atoms with Gasteiger partial charge in [-0.1, -0.05) is 42.0 Å². The normalized spacial score (nSPS) is 11.8. The van der Waals surface area contributed by atoms with Crippen LogP contribution in [0, 0.1) is 18.3 Å². The first-order valence-electron chi connectivity index (χ1n) is 6.63. The summed E-state index contributed by atoms with van der Waals surface area (Å²) in [6, 6.07) is 17.4. The lowest BCUT2D eigenvalue weighted by Gasteiger charge is -2.12. The Hall–Kier alpha value is -2.15. The van der Waals surface area contributed by atoms with E-state index in [2.05, 4.69) is 11.4 Å². The third-order valence-corrected chi connectivity index (χ3v) is 3.21. The molecule has 0 saturated heterocycles. The minimum atomic E-state index is -0.506. The Morgan fingerprint density at radius 1 is 1.10 bits per heavy atom. The summed E-state index contributed by atoms with van der Waals surface area (Å²) in [4.78, 5) is 0. The molecule has 0 aliphatic heterocycles. The van der Waals surface area contributed by atoms with Gasteiger partial charge < -0.3 is 10.4 Å². The number of benzene rings is 2. The molecule has 2 rings (SSSR count). The molecule has 0 aromatic heterocycles. The van der Waals surface area contributed by atoms with Crippen molar-refractivity contribution < 1.29 is 5.11 Å². The molecule has 0 amide bonds. The van der Waals surface area contributed by atoms with Crippen LogP contribution >= 0.6 is 0 Å². The van der Waals surface area contributed by atoms with Crippen LogP contribution in [0.25, 0.3) is 0 Å². The van der Waals surface area contributed by atoms with Gasteiger partial charge in [0.05, 0.1) is 17.7 Å². The minimum Gasteiger partial charge on any atom is -0.387 e. The fourth-order valence-electron chi connectivity index (χ4n) is 1.96. The maximum Gasteiger partial charge on any atom is 0.0991 e. The molecule has 2 N–H and O–H groups in total. The van der Waals surface area contributed by atoms with Crippen molar-refractivity contribution in [3.05, 3.63) is 70.8 Å². The second kappa shape index (κ2) is 6.85. The van der Waals surface area contributed by atoms with Gasteiger partial charge in [-0.2, -0.15) is 5.26 Å². The topological polar surface area (TPSA) is 56.0 Å². The fraction of sp³-hybridized carbons (Fsp3) is 0.235. The van der Waals surface area contributed by atoms with Gasteiger partial charge >= 0.3 is 0 Å². The van der Waals surface area contributed by atoms with Crippen molar-refractivity contribution in [3.8, 4) is 6.07 Å². The van der Waals surface area contributed by atoms with Crippen LogP contribution < -0.4 is 5.32 Å². The van der Waals surface area contributed by atoms with Gasteiger partial charge in [0, 0.05) is 13.1 Å². The van der Waals surface area contributed by atoms with E-state index in [0.717, 1.165) is 11.1 Å². The van der Waals surface area contributed by atoms with Crippen molar-refractivity contribution in [2.75, 3.05) is 6.54 Å². The first kappa shape index (κ1) is 14.3. The Balaban J connectivity index is 1.83. The lowest BCUT2D eigenvalue weighted by molar-refractivity contribution is 0.174. The largest absolute Gasteiger partial charge is 0.387 e. The number of aliphatic hydroxyl groups is 1. The Kier molecular flexibility index (Phi) is 4.89. The van der Waals surface area contributed by atoms with Gasteiger partial charge in [0.15, 0.2) is 0 Å². The summed E-state index contributed by atoms with van der Waals surface area (Å²) in [6.45, 7) is 3.21. The SMILES string of the molecule is Cc1ccc(C(O)CNCc2ccc(C#N)cc2)cc1. The zero-order valence-electron chi connectivity index (χ0n) is 11.5. The Morgan fingerprint density at radius 2 is 1.75 bits per heavy atom. The highest BCUT2D eigenvalue weighted by Gasteiger charge is 2.06. The number of hydrogen-bond donors (Lipinski definition) is 2. The van der Waals surface area contributed by atoms with E-state index in [-0.39, 0.29) is 0 Å². The van der Waals surface area contributed by atoms with Crippen LogP contribution in [0.3, 0.4) is 0 Å². The van der Waals surface area contributed by atoms with E-state index >= 15 is 0 Å². The molecule has 0 aliphatic rings. The van der Waals surface area contributed by atoms with Crippen LogP contribution in [0.15, 0.2) is 48.5 Å². The van der Waals surface area contributed by atoms with Gasteiger partial charge in [-0.05, 0) is 30.2 Å². The number of nitriles is 1. The lowest BCUT2D eigenvalue weighted by Crippen LogP contribution is -2.21. The summed E-state index contributed by atoms with van der Waals surface area (Å²) in [6.07, 6.45) is -0.506. The number of aliphatic hydroxyl groups excluding tert-OH is 1. The zero-order chi connectivity index (χ0) is 14.4. The molecule has 0 saturated carbocycles. The van der Waals surface area contributed by atoms with Gasteiger partial charge in [-0.25, -0.2) is 0 Å². The molecule has 0 spiro atoms. The van der Waals surface area contributed by atoms with Crippen molar-refractivity contribution in [2.45, 2.75) is 19.6 Å². The molecule has 0 fully saturated rings. The zero-order valence-corrected chi connectivity index (χ0v) is 11.5. The molecule has 1 atom stereocenters. The molecular formula is C17H18N2O. The molecule has 3 heteroatoms. The van der Waals surface area contributed by atoms with Gasteiger partial charge in [0.1, 0.15) is 0 Å². The Bertz CT molecular complexity index is 582. The summed E-state index contributed by atoms with van der Waals surface area (Å²) in [5.41, 5.74) is 3.86. The lowest BCUT2D eigenvalue weighted by atomic mass is 10.1. The van der Waals surface area contributed by atoms with Crippen molar-refractivity contribution in [3.63, 3.8) is 0 Å². The molecular weight excluding hydrogens is 248 g/mol. The summed E-state index contributed by atoms with van der Waals surface area (Å²) < 4.78 is 0. The average Bonchev–Trinajstić information content (AvgIpc) is 2.48. The maximum atomic E-state index is 10.1. The molecule has 3 nitrogen and oxygen atoms in total. The summed E-state index contributed by atoms with van der Waals surface area (Å²) in [7, 11) is 0. The van der Waals surface area contributed by atoms with Crippen LogP contribution in [0.4, 0.5) is 0 Å². The molecule has 0 heterocycles. The first-order chi connectivity index (χ1) is 9.69. The third kappa shape index (κ3) is 3.92. The van der Waals surface area contributed by atoms with Gasteiger partial charge in [0.2, 0.25) is 0 Å². The van der Waals surface area contributed by atoms with Crippen molar-refractivity contribution >= 4 is 0 Å². The highest BCUT2D eigenvalue weighted by atomic mass is 16.3. The Morgan fingerprint density at radius 3 is 2.35 bits per heavy atom. The number of nitrogens with one attached hydrogen (secondary N) is 1. The molecule has 0 aliphatic carbocycles. The molecule has 20 heavy (non-hydrogen) atoms. The third-order valence-electron chi connectivity index (χ3n) is 3.21. The second-order valence-corrected chi connectivity index (χ2v) is 4.87. The molecule has 2 aromatic carbocycles. The minimum absolute atomic E-state index is 0.503. The predicted octanol–water partition coefficient (Wildman–Crippen LogP) is 2.69. The van der Waals surface area contributed by atoms with E-state index in [1.165, 1.54) is 5.56 Å². The van der Waals surface area contributed by atoms with E-state index in [1.54, 1.807) is 12.1 Å². The van der Waals surface area contributed by atoms with Crippen LogP contribution in [0.1, 0.15) is 28.4 Å². The number of nitrogens with zero attached hydrogens (tertiary/aromatic N) is 1. The van der Waals surface area contributed by atoms with Crippen LogP contribution in [0.2, 0.25) is 0 Å². The average molecular weight is 266 g/mol. The smallest absolute Gasteiger partial charge is 0.0991 e. The number of rotatable bonds is 5. The standard InChI is InChI=1S/C17H18N2O/c1-13-2-8-16(9-3-13)17(20)12-19-11-15-6-4-14(10-18)5-7-15/h2-9,17,19-20H,11-12H2,1H3. The molecule has 1 unspecified atom stereocenters. The highest BCUT2D eigenvalue weighted by molar-refractivity contribution is 5.31. The number of aryl methyl sites for hydroxylation is 1. The van der Waals surface area contributed by atoms with Gasteiger partial charge in [-0.3, -0.25) is 0 Å². The molecule has 0 bridgehead atoms. The van der Waals surface area contributed by atoms with Crippen LogP contribution in [-0.2, 0) is 6.54 Å². The highest BCUT2D eigenvalue weighted by Crippen LogP contribution is 2.13. The predicted molar refractivity (Wildman–Crippen MR) is 79.0 cm³/mol. The molecule has 102 valence electrons. The van der Waals surface area contributed by atoms with E-state index in [1.807, 2.05) is 43.3 Å². The number of hydrogen-bond acceptors (Lipinski definition) is 3. The van der Waals surface area contributed by atoms with E-state index in [4.69, 9.17) is 5.26 Å². The van der Waals surface area contributed by atoms with Crippen LogP contribution in [-0.4, -0.2) is 11.7 Å². The monoisotopic (exact) mass is 266 g/mol. The van der Waals surface area contributed by atoms with E-state index in [0.29, 0.717) is 18.7 Å². The van der Waals surface area contributed by atoms with Crippen molar-refractivity contribution in [1.82, 2.24) is 5.32 Å². The summed E-state index contributed by atoms with van der Waals surface area (Å²) >= 11 is 0. The van der Waals surface area contributed by atoms with E-state index in [9.17, 15) is 5.11 Å². The Labute approximate surface area is 119 Å². The quantitative estimate of drug-likeness (QED) is 0.874. The molecule has 2 aromatic rings. The first-order valence-corrected chi connectivity index (χ1v) is 6.63.